The topological polar surface area (TPSA) is 69.1 Å². The molecule has 12 heavy (non-hydrogen) atoms. The van der Waals surface area contributed by atoms with E-state index in [0.717, 1.165) is 0 Å². The van der Waals surface area contributed by atoms with Crippen molar-refractivity contribution in [3.8, 4) is 6.01 Å². The maximum atomic E-state index is 11.6. The molecule has 8 heteroatoms. The van der Waals surface area contributed by atoms with E-state index in [2.05, 4.69) is 14.7 Å². The lowest BCUT2D eigenvalue weighted by molar-refractivity contribution is -0.139. The van der Waals surface area contributed by atoms with Crippen LogP contribution >= 0.6 is 0 Å². The monoisotopic (exact) mass is 181 g/mol. The van der Waals surface area contributed by atoms with Gasteiger partial charge in [-0.3, -0.25) is 0 Å². The summed E-state index contributed by atoms with van der Waals surface area (Å²) in [5, 5.41) is 5.10. The molecule has 1 aromatic rings. The molecule has 0 aromatic carbocycles. The predicted octanol–water partition coefficient (Wildman–Crippen LogP) is -0.769. The van der Waals surface area contributed by atoms with Gasteiger partial charge < -0.3 is 9.57 Å². The van der Waals surface area contributed by atoms with Gasteiger partial charge in [-0.1, -0.05) is 4.73 Å². The van der Waals surface area contributed by atoms with Crippen molar-refractivity contribution in [3.63, 3.8) is 0 Å². The van der Waals surface area contributed by atoms with Crippen LogP contribution in [0.2, 0.25) is 0 Å². The third-order valence-corrected chi connectivity index (χ3v) is 0.973. The van der Waals surface area contributed by atoms with Crippen molar-refractivity contribution in [3.05, 3.63) is 10.5 Å². The Morgan fingerprint density at radius 2 is 2.33 bits per heavy atom. The Balaban J connectivity index is 2.94. The molecule has 1 rings (SSSR count). The molecule has 0 aliphatic rings. The number of nitrogens with zero attached hydrogens (tertiary/aromatic N) is 2. The van der Waals surface area contributed by atoms with E-state index in [-0.39, 0.29) is 10.7 Å². The maximum absolute atomic E-state index is 11.6. The van der Waals surface area contributed by atoms with Crippen LogP contribution in [0, 0.1) is 0 Å². The summed E-state index contributed by atoms with van der Waals surface area (Å²) in [6.45, 7) is -3.10. The van der Waals surface area contributed by atoms with Gasteiger partial charge in [0, 0.05) is 0 Å². The van der Waals surface area contributed by atoms with E-state index in [4.69, 9.17) is 0 Å². The molecule has 0 fully saturated rings. The number of aromatic nitrogens is 3. The molecule has 0 amide bonds. The zero-order chi connectivity index (χ0) is 9.14. The first-order valence-corrected chi connectivity index (χ1v) is 2.82. The van der Waals surface area contributed by atoms with E-state index in [0.29, 0.717) is 0 Å². The summed E-state index contributed by atoms with van der Waals surface area (Å²) in [6, 6.07) is -0.361. The van der Waals surface area contributed by atoms with Crippen molar-refractivity contribution in [1.82, 2.24) is 14.9 Å². The lowest BCUT2D eigenvalue weighted by Crippen LogP contribution is -2.28. The highest BCUT2D eigenvalue weighted by molar-refractivity contribution is 4.88. The zero-order valence-corrected chi connectivity index (χ0v) is 5.95. The molecule has 0 spiro atoms. The number of aromatic amines is 1. The van der Waals surface area contributed by atoms with Crippen LogP contribution in [0.25, 0.3) is 0 Å². The van der Waals surface area contributed by atoms with Crippen molar-refractivity contribution in [1.29, 1.82) is 0 Å². The highest BCUT2D eigenvalue weighted by Gasteiger charge is 2.13. The van der Waals surface area contributed by atoms with E-state index < -0.39 is 12.3 Å². The molecule has 0 saturated heterocycles. The molecule has 1 aromatic heterocycles. The molecule has 68 valence electrons. The van der Waals surface area contributed by atoms with Crippen LogP contribution in [0.15, 0.2) is 4.79 Å². The molecule has 0 aliphatic heterocycles. The summed E-state index contributed by atoms with van der Waals surface area (Å²) >= 11 is 0. The van der Waals surface area contributed by atoms with Crippen LogP contribution in [-0.2, 0) is 0 Å². The van der Waals surface area contributed by atoms with Gasteiger partial charge in [0.05, 0.1) is 7.11 Å². The summed E-state index contributed by atoms with van der Waals surface area (Å²) in [5.41, 5.74) is -0.924. The van der Waals surface area contributed by atoms with Crippen LogP contribution in [0.3, 0.4) is 0 Å². The fourth-order valence-corrected chi connectivity index (χ4v) is 0.575. The van der Waals surface area contributed by atoms with Crippen molar-refractivity contribution in [2.75, 3.05) is 7.11 Å². The van der Waals surface area contributed by atoms with Crippen LogP contribution in [-0.4, -0.2) is 28.6 Å². The molecule has 0 saturated carbocycles. The minimum absolute atomic E-state index is 0.227. The predicted molar refractivity (Wildman–Crippen MR) is 32.0 cm³/mol. The Labute approximate surface area is 64.7 Å². The van der Waals surface area contributed by atoms with E-state index in [1.807, 2.05) is 5.10 Å². The highest BCUT2D eigenvalue weighted by Crippen LogP contribution is 1.99. The Morgan fingerprint density at radius 3 is 2.83 bits per heavy atom. The van der Waals surface area contributed by atoms with Crippen molar-refractivity contribution in [2.45, 2.75) is 6.61 Å². The van der Waals surface area contributed by atoms with E-state index in [9.17, 15) is 13.6 Å². The molecular weight excluding hydrogens is 176 g/mol. The van der Waals surface area contributed by atoms with Gasteiger partial charge in [-0.25, -0.2) is 9.89 Å². The molecule has 0 radical (unpaired) electrons. The van der Waals surface area contributed by atoms with Crippen molar-refractivity contribution >= 4 is 0 Å². The smallest absolute Gasteiger partial charge is 0.406 e. The summed E-state index contributed by atoms with van der Waals surface area (Å²) in [5.74, 6) is 0. The SMILES string of the molecule is COc1n[nH]c(=O)n1OC(F)F. The Kier molecular flexibility index (Phi) is 2.26. The first-order chi connectivity index (χ1) is 5.65. The highest BCUT2D eigenvalue weighted by atomic mass is 19.3. The summed E-state index contributed by atoms with van der Waals surface area (Å²) in [7, 11) is 1.17. The fourth-order valence-electron chi connectivity index (χ4n) is 0.575. The van der Waals surface area contributed by atoms with E-state index in [1.165, 1.54) is 7.11 Å². The Morgan fingerprint density at radius 1 is 1.67 bits per heavy atom. The summed E-state index contributed by atoms with van der Waals surface area (Å²) in [6.07, 6.45) is 0. The number of hydrogen-bond acceptors (Lipinski definition) is 4. The second kappa shape index (κ2) is 3.20. The van der Waals surface area contributed by atoms with Gasteiger partial charge in [-0.15, -0.1) is 5.10 Å². The van der Waals surface area contributed by atoms with Gasteiger partial charge in [0.2, 0.25) is 0 Å². The maximum Gasteiger partial charge on any atom is 0.406 e. The van der Waals surface area contributed by atoms with Gasteiger partial charge in [0.15, 0.2) is 0 Å². The quantitative estimate of drug-likeness (QED) is 0.664. The number of ether oxygens (including phenoxy) is 1. The molecule has 0 aliphatic carbocycles. The Hall–Kier alpha value is -1.60. The molecule has 0 unspecified atom stereocenters. The number of hydrogen-bond donors (Lipinski definition) is 1. The third kappa shape index (κ3) is 1.52. The second-order valence-corrected chi connectivity index (χ2v) is 1.68. The van der Waals surface area contributed by atoms with E-state index >= 15 is 0 Å². The summed E-state index contributed by atoms with van der Waals surface area (Å²) < 4.78 is 27.9. The summed E-state index contributed by atoms with van der Waals surface area (Å²) in [4.78, 5) is 14.4. The molecule has 0 atom stereocenters. The molecule has 0 bridgehead atoms. The molecule has 1 heterocycles. The third-order valence-electron chi connectivity index (χ3n) is 0.973. The second-order valence-electron chi connectivity index (χ2n) is 1.68. The zero-order valence-electron chi connectivity index (χ0n) is 5.95. The number of rotatable bonds is 3. The van der Waals surface area contributed by atoms with Crippen LogP contribution in [0.1, 0.15) is 0 Å². The molecular formula is C4H5F2N3O3. The molecule has 1 N–H and O–H groups in total. The van der Waals surface area contributed by atoms with E-state index in [1.54, 1.807) is 0 Å². The number of nitrogens with one attached hydrogen (secondary N) is 1. The van der Waals surface area contributed by atoms with Crippen LogP contribution < -0.4 is 15.3 Å². The average molecular weight is 181 g/mol. The first kappa shape index (κ1) is 8.50. The van der Waals surface area contributed by atoms with Crippen molar-refractivity contribution in [2.24, 2.45) is 0 Å². The normalized spacial score (nSPS) is 10.3. The minimum atomic E-state index is -3.10. The number of methoxy groups -OCH3 is 1. The van der Waals surface area contributed by atoms with Gasteiger partial charge in [0.25, 0.3) is 0 Å². The molecule has 6 nitrogen and oxygen atoms in total. The lowest BCUT2D eigenvalue weighted by atomic mass is 11.1. The Bertz CT molecular complexity index is 307. The average Bonchev–Trinajstić information content (AvgIpc) is 2.32. The van der Waals surface area contributed by atoms with Gasteiger partial charge in [-0.05, 0) is 0 Å². The first-order valence-electron chi connectivity index (χ1n) is 2.82. The van der Waals surface area contributed by atoms with Crippen LogP contribution in [0.5, 0.6) is 6.01 Å². The lowest BCUT2D eigenvalue weighted by Gasteiger charge is -2.03. The van der Waals surface area contributed by atoms with Gasteiger partial charge in [0.1, 0.15) is 0 Å². The number of halogens is 2. The van der Waals surface area contributed by atoms with Gasteiger partial charge in [-0.2, -0.15) is 8.78 Å². The van der Waals surface area contributed by atoms with Crippen LogP contribution in [0.4, 0.5) is 8.78 Å². The fraction of sp³-hybridized carbons (Fsp3) is 0.500. The largest absolute Gasteiger partial charge is 0.465 e. The standard InChI is InChI=1S/C4H5F2N3O3/c1-11-4-8-7-3(10)9(4)12-2(5)6/h2H,1H3,(H,7,10). The minimum Gasteiger partial charge on any atom is -0.465 e. The van der Waals surface area contributed by atoms with Gasteiger partial charge >= 0.3 is 18.3 Å². The number of H-pyrrole nitrogens is 1. The van der Waals surface area contributed by atoms with Crippen molar-refractivity contribution < 1.29 is 18.4 Å². The number of alkyl halides is 2.